The second kappa shape index (κ2) is 12.2. The van der Waals surface area contributed by atoms with Gasteiger partial charge in [-0.25, -0.2) is 14.8 Å². The van der Waals surface area contributed by atoms with Gasteiger partial charge in [0.2, 0.25) is 17.2 Å². The first-order chi connectivity index (χ1) is 21.4. The number of halogens is 4. The summed E-state index contributed by atoms with van der Waals surface area (Å²) in [6, 6.07) is 2.90. The highest BCUT2D eigenvalue weighted by molar-refractivity contribution is 7.17. The van der Waals surface area contributed by atoms with Crippen molar-refractivity contribution in [3.05, 3.63) is 34.1 Å². The van der Waals surface area contributed by atoms with E-state index in [0.29, 0.717) is 11.8 Å². The lowest BCUT2D eigenvalue weighted by Crippen LogP contribution is -2.52. The van der Waals surface area contributed by atoms with E-state index in [9.17, 15) is 13.2 Å². The van der Waals surface area contributed by atoms with E-state index >= 15 is 0 Å². The molecule has 17 heteroatoms. The zero-order chi connectivity index (χ0) is 32.0. The van der Waals surface area contributed by atoms with Crippen LogP contribution < -0.4 is 16.0 Å². The number of alkyl halides is 3. The van der Waals surface area contributed by atoms with Crippen LogP contribution in [0.4, 0.5) is 36.6 Å². The lowest BCUT2D eigenvalue weighted by Gasteiger charge is -2.41. The van der Waals surface area contributed by atoms with Gasteiger partial charge < -0.3 is 21.1 Å². The Labute approximate surface area is 265 Å². The van der Waals surface area contributed by atoms with Crippen molar-refractivity contribution in [3.63, 3.8) is 0 Å². The Balaban J connectivity index is 0.000000460. The van der Waals surface area contributed by atoms with Crippen LogP contribution in [0.2, 0.25) is 5.28 Å². The number of nitrogens with one attached hydrogen (secondary N) is 1. The number of pyridine rings is 1. The van der Waals surface area contributed by atoms with Crippen LogP contribution in [0.15, 0.2) is 17.6 Å². The molecule has 12 nitrogen and oxygen atoms in total. The Hall–Kier alpha value is -3.76. The van der Waals surface area contributed by atoms with Gasteiger partial charge in [-0.05, 0) is 79.1 Å². The highest BCUT2D eigenvalue weighted by Crippen LogP contribution is 2.46. The number of carboxylic acid groups (broad SMARTS) is 1. The molecule has 0 radical (unpaired) electrons. The summed E-state index contributed by atoms with van der Waals surface area (Å²) in [5, 5.41) is 17.1. The van der Waals surface area contributed by atoms with Gasteiger partial charge in [0.05, 0.1) is 22.1 Å². The highest BCUT2D eigenvalue weighted by Gasteiger charge is 2.43. The Kier molecular flexibility index (Phi) is 8.47. The first-order valence-electron chi connectivity index (χ1n) is 14.5. The van der Waals surface area contributed by atoms with Gasteiger partial charge in [0, 0.05) is 32.2 Å². The van der Waals surface area contributed by atoms with Crippen LogP contribution in [0.1, 0.15) is 36.8 Å². The van der Waals surface area contributed by atoms with Crippen molar-refractivity contribution in [3.8, 4) is 5.82 Å². The average Bonchev–Trinajstić information content (AvgIpc) is 3.78. The molecule has 2 aliphatic carbocycles. The summed E-state index contributed by atoms with van der Waals surface area (Å²) in [6.45, 7) is 8.39. The number of nitrogens with zero attached hydrogens (tertiary/aromatic N) is 8. The number of nitrogen functional groups attached to an aromatic ring is 1. The van der Waals surface area contributed by atoms with Gasteiger partial charge in [0.25, 0.3) is 0 Å². The highest BCUT2D eigenvalue weighted by atomic mass is 35.5. The minimum Gasteiger partial charge on any atom is -0.475 e. The summed E-state index contributed by atoms with van der Waals surface area (Å²) >= 11 is 7.72. The number of anilines is 4. The van der Waals surface area contributed by atoms with E-state index in [1.807, 2.05) is 18.5 Å². The maximum Gasteiger partial charge on any atom is 0.490 e. The lowest BCUT2D eigenvalue weighted by molar-refractivity contribution is -0.192. The van der Waals surface area contributed by atoms with Gasteiger partial charge in [-0.2, -0.15) is 27.8 Å². The van der Waals surface area contributed by atoms with E-state index in [4.69, 9.17) is 32.2 Å². The number of rotatable bonds is 5. The average molecular weight is 665 g/mol. The first-order valence-corrected chi connectivity index (χ1v) is 15.8. The molecule has 3 atom stereocenters. The number of thiophene rings is 1. The molecule has 1 aliphatic heterocycles. The van der Waals surface area contributed by atoms with Crippen LogP contribution in [0, 0.1) is 25.7 Å². The smallest absolute Gasteiger partial charge is 0.475 e. The Bertz CT molecular complexity index is 1720. The normalized spacial score (nSPS) is 21.6. The number of carboxylic acids is 1. The van der Waals surface area contributed by atoms with Crippen molar-refractivity contribution in [2.24, 2.45) is 11.8 Å². The van der Waals surface area contributed by atoms with Crippen LogP contribution in [0.3, 0.4) is 0 Å². The number of carbonyl (C=O) groups is 1. The largest absolute Gasteiger partial charge is 0.490 e. The molecule has 45 heavy (non-hydrogen) atoms. The molecule has 4 N–H and O–H groups in total. The van der Waals surface area contributed by atoms with Crippen LogP contribution in [-0.4, -0.2) is 84.1 Å². The Morgan fingerprint density at radius 2 is 1.82 bits per heavy atom. The Morgan fingerprint density at radius 1 is 1.09 bits per heavy atom. The van der Waals surface area contributed by atoms with Crippen LogP contribution in [0.5, 0.6) is 0 Å². The van der Waals surface area contributed by atoms with Crippen molar-refractivity contribution in [1.29, 1.82) is 0 Å². The number of nitrogens with two attached hydrogens (primary N) is 1. The molecule has 0 amide bonds. The van der Waals surface area contributed by atoms with Crippen LogP contribution in [0.25, 0.3) is 16.0 Å². The van der Waals surface area contributed by atoms with E-state index in [2.05, 4.69) is 48.2 Å². The molecule has 240 valence electrons. The van der Waals surface area contributed by atoms with Gasteiger partial charge in [-0.3, -0.25) is 4.90 Å². The van der Waals surface area contributed by atoms with Crippen molar-refractivity contribution in [2.45, 2.75) is 51.7 Å². The molecule has 2 bridgehead atoms. The number of aryl methyl sites for hydroxylation is 2. The predicted molar refractivity (Wildman–Crippen MR) is 165 cm³/mol. The monoisotopic (exact) mass is 664 g/mol. The van der Waals surface area contributed by atoms with Crippen molar-refractivity contribution in [2.75, 3.05) is 42.1 Å². The van der Waals surface area contributed by atoms with Gasteiger partial charge in [-0.1, -0.05) is 6.42 Å². The first kappa shape index (κ1) is 31.2. The number of aliphatic carboxylic acids is 1. The SMILES string of the molecule is Cc1cc(Nc2nc(N)n(-c3nc(Cl)nc4c(C)csc34)n2)cnc1N1CCN(C2CC3CCC2C3)CC1.O=C(O)C(F)(F)F. The minimum absolute atomic E-state index is 0.144. The number of piperazine rings is 1. The zero-order valence-corrected chi connectivity index (χ0v) is 26.1. The number of hydrogen-bond acceptors (Lipinski definition) is 11. The molecule has 2 saturated carbocycles. The Morgan fingerprint density at radius 3 is 2.44 bits per heavy atom. The predicted octanol–water partition coefficient (Wildman–Crippen LogP) is 5.21. The summed E-state index contributed by atoms with van der Waals surface area (Å²) in [6.07, 6.45) is 2.53. The molecule has 5 heterocycles. The van der Waals surface area contributed by atoms with E-state index in [0.717, 1.165) is 76.9 Å². The second-order valence-electron chi connectivity index (χ2n) is 11.7. The standard InChI is InChI=1S/C26H31ClN10S.C2HF3O2/c1-14-9-18(12-29-22(14)36-7-5-35(6-8-36)19-11-16-3-4-17(19)10-16)30-26-33-25(28)37(34-26)23-21-20(15(2)13-38-21)31-24(27)32-23;3-2(4,5)1(6)7/h9,12-13,16-17,19H,3-8,10-11H2,1-2H3,(H3,28,30,33,34);(H,6,7). The molecule has 1 saturated heterocycles. The topological polar surface area (TPSA) is 151 Å². The van der Waals surface area contributed by atoms with Gasteiger partial charge in [0.1, 0.15) is 5.82 Å². The van der Waals surface area contributed by atoms with Crippen molar-refractivity contribution >= 4 is 62.5 Å². The fourth-order valence-corrected chi connectivity index (χ4v) is 7.81. The molecular weight excluding hydrogens is 633 g/mol. The van der Waals surface area contributed by atoms with E-state index in [1.54, 1.807) is 0 Å². The fraction of sp³-hybridized carbons (Fsp3) is 0.500. The summed E-state index contributed by atoms with van der Waals surface area (Å²) in [7, 11) is 0. The molecule has 3 aliphatic rings. The maximum atomic E-state index is 10.6. The third kappa shape index (κ3) is 6.49. The number of fused-ring (bicyclic) bond motifs is 3. The van der Waals surface area contributed by atoms with Crippen LogP contribution in [-0.2, 0) is 4.79 Å². The molecule has 7 rings (SSSR count). The van der Waals surface area contributed by atoms with E-state index in [-0.39, 0.29) is 11.2 Å². The van der Waals surface area contributed by atoms with E-state index < -0.39 is 12.1 Å². The summed E-state index contributed by atoms with van der Waals surface area (Å²) in [5.74, 6) is 1.32. The van der Waals surface area contributed by atoms with Gasteiger partial charge >= 0.3 is 12.1 Å². The maximum absolute atomic E-state index is 10.6. The molecule has 0 aromatic carbocycles. The summed E-state index contributed by atoms with van der Waals surface area (Å²) in [4.78, 5) is 32.0. The molecule has 3 unspecified atom stereocenters. The molecule has 0 spiro atoms. The van der Waals surface area contributed by atoms with Gasteiger partial charge in [0.15, 0.2) is 5.82 Å². The third-order valence-corrected chi connectivity index (χ3v) is 9.97. The molecular formula is C28H32ClF3N10O2S. The summed E-state index contributed by atoms with van der Waals surface area (Å²) in [5.41, 5.74) is 9.98. The quantitative estimate of drug-likeness (QED) is 0.241. The van der Waals surface area contributed by atoms with Crippen LogP contribution >= 0.6 is 22.9 Å². The number of aromatic nitrogens is 6. The molecule has 4 aromatic heterocycles. The van der Waals surface area contributed by atoms with Crippen molar-refractivity contribution < 1.29 is 23.1 Å². The zero-order valence-electron chi connectivity index (χ0n) is 24.6. The third-order valence-electron chi connectivity index (χ3n) is 8.71. The second-order valence-corrected chi connectivity index (χ2v) is 12.9. The lowest BCUT2D eigenvalue weighted by atomic mass is 9.93. The van der Waals surface area contributed by atoms with Gasteiger partial charge in [-0.15, -0.1) is 16.4 Å². The van der Waals surface area contributed by atoms with E-state index in [1.165, 1.54) is 41.7 Å². The van der Waals surface area contributed by atoms with Crippen molar-refractivity contribution in [1.82, 2.24) is 34.6 Å². The fourth-order valence-electron chi connectivity index (χ4n) is 6.69. The molecule has 3 fully saturated rings. The number of hydrogen-bond donors (Lipinski definition) is 3. The minimum atomic E-state index is -5.08. The summed E-state index contributed by atoms with van der Waals surface area (Å²) < 4.78 is 34.1. The molecule has 4 aromatic rings.